The van der Waals surface area contributed by atoms with Crippen LogP contribution in [-0.4, -0.2) is 13.2 Å². The lowest BCUT2D eigenvalue weighted by Gasteiger charge is -2.17. The minimum absolute atomic E-state index is 0.00458. The maximum atomic E-state index is 14.1. The van der Waals surface area contributed by atoms with E-state index in [-0.39, 0.29) is 18.6 Å². The van der Waals surface area contributed by atoms with Crippen LogP contribution in [-0.2, 0) is 23.7 Å². The Morgan fingerprint density at radius 2 is 1.62 bits per heavy atom. The van der Waals surface area contributed by atoms with Crippen molar-refractivity contribution in [1.29, 1.82) is 0 Å². The Balaban J connectivity index is 1.92. The molecular formula is C19H19F5O2. The van der Waals surface area contributed by atoms with Gasteiger partial charge in [-0.25, -0.2) is 4.39 Å². The van der Waals surface area contributed by atoms with E-state index in [1.807, 2.05) is 6.92 Å². The molecule has 0 aliphatic carbocycles. The molecule has 7 heteroatoms. The van der Waals surface area contributed by atoms with Gasteiger partial charge in [0.05, 0.1) is 12.2 Å². The summed E-state index contributed by atoms with van der Waals surface area (Å²) in [5.74, 6) is -1.58. The number of ether oxygens (including phenoxy) is 2. The lowest BCUT2D eigenvalue weighted by Crippen LogP contribution is -2.19. The standard InChI is InChI=1S/C19H19F5O2/c1-2-3-13-4-7-15(8-5-13)19(23,24)25-11-10-14-6-9-17(16(20)12-14)26-18(21)22/h4-9,12,18H,2-3,10-11H2,1H3. The summed E-state index contributed by atoms with van der Waals surface area (Å²) < 4.78 is 74.5. The quantitative estimate of drug-likeness (QED) is 0.525. The maximum absolute atomic E-state index is 14.1. The van der Waals surface area contributed by atoms with Gasteiger partial charge in [0.25, 0.3) is 0 Å². The van der Waals surface area contributed by atoms with Gasteiger partial charge in [-0.15, -0.1) is 0 Å². The highest BCUT2D eigenvalue weighted by Gasteiger charge is 2.32. The SMILES string of the molecule is CCCc1ccc(C(F)(F)OCCc2ccc(OC(F)F)c(F)c2)cc1. The molecule has 2 rings (SSSR count). The summed E-state index contributed by atoms with van der Waals surface area (Å²) in [5.41, 5.74) is 1.04. The molecule has 2 aromatic rings. The second kappa shape index (κ2) is 8.98. The fourth-order valence-corrected chi connectivity index (χ4v) is 2.43. The van der Waals surface area contributed by atoms with E-state index in [1.165, 1.54) is 18.2 Å². The van der Waals surface area contributed by atoms with Crippen molar-refractivity contribution in [3.8, 4) is 5.75 Å². The molecule has 0 N–H and O–H groups in total. The third kappa shape index (κ3) is 5.69. The van der Waals surface area contributed by atoms with Gasteiger partial charge in [0.2, 0.25) is 0 Å². The van der Waals surface area contributed by atoms with E-state index < -0.39 is 24.3 Å². The zero-order chi connectivity index (χ0) is 19.2. The van der Waals surface area contributed by atoms with Gasteiger partial charge >= 0.3 is 12.7 Å². The molecule has 0 heterocycles. The van der Waals surface area contributed by atoms with E-state index in [2.05, 4.69) is 9.47 Å². The number of alkyl halides is 4. The van der Waals surface area contributed by atoms with Gasteiger partial charge < -0.3 is 9.47 Å². The van der Waals surface area contributed by atoms with Crippen molar-refractivity contribution in [2.75, 3.05) is 6.61 Å². The molecule has 0 aliphatic heterocycles. The summed E-state index contributed by atoms with van der Waals surface area (Å²) in [6, 6.07) is 9.21. The number of halogens is 5. The van der Waals surface area contributed by atoms with Gasteiger partial charge in [0.15, 0.2) is 11.6 Å². The van der Waals surface area contributed by atoms with Crippen molar-refractivity contribution in [3.05, 3.63) is 65.0 Å². The first-order valence-corrected chi connectivity index (χ1v) is 8.16. The lowest BCUT2D eigenvalue weighted by molar-refractivity contribution is -0.248. The Labute approximate surface area is 148 Å². The molecule has 2 aromatic carbocycles. The Bertz CT molecular complexity index is 702. The Kier molecular flexibility index (Phi) is 6.97. The van der Waals surface area contributed by atoms with Crippen molar-refractivity contribution in [2.24, 2.45) is 0 Å². The predicted molar refractivity (Wildman–Crippen MR) is 87.0 cm³/mol. The van der Waals surface area contributed by atoms with E-state index >= 15 is 0 Å². The van der Waals surface area contributed by atoms with E-state index in [1.54, 1.807) is 12.1 Å². The highest BCUT2D eigenvalue weighted by Crippen LogP contribution is 2.30. The Morgan fingerprint density at radius 1 is 0.962 bits per heavy atom. The van der Waals surface area contributed by atoms with Crippen LogP contribution in [0.4, 0.5) is 22.0 Å². The number of hydrogen-bond acceptors (Lipinski definition) is 2. The van der Waals surface area contributed by atoms with E-state index in [9.17, 15) is 22.0 Å². The van der Waals surface area contributed by atoms with Crippen LogP contribution in [0.3, 0.4) is 0 Å². The molecule has 0 saturated carbocycles. The van der Waals surface area contributed by atoms with E-state index in [4.69, 9.17) is 0 Å². The summed E-state index contributed by atoms with van der Waals surface area (Å²) in [4.78, 5) is 0. The fourth-order valence-electron chi connectivity index (χ4n) is 2.43. The van der Waals surface area contributed by atoms with Crippen molar-refractivity contribution in [2.45, 2.75) is 38.9 Å². The van der Waals surface area contributed by atoms with Crippen molar-refractivity contribution >= 4 is 0 Å². The molecule has 0 unspecified atom stereocenters. The first-order chi connectivity index (χ1) is 12.3. The van der Waals surface area contributed by atoms with Crippen LogP contribution in [0, 0.1) is 5.82 Å². The molecule has 0 radical (unpaired) electrons. The van der Waals surface area contributed by atoms with Crippen LogP contribution in [0.1, 0.15) is 30.0 Å². The number of benzene rings is 2. The highest BCUT2D eigenvalue weighted by molar-refractivity contribution is 5.29. The van der Waals surface area contributed by atoms with Crippen LogP contribution in [0.25, 0.3) is 0 Å². The van der Waals surface area contributed by atoms with Gasteiger partial charge in [0, 0.05) is 0 Å². The molecular weight excluding hydrogens is 355 g/mol. The molecule has 2 nitrogen and oxygen atoms in total. The first kappa shape index (κ1) is 20.2. The Hall–Kier alpha value is -2.15. The molecule has 0 spiro atoms. The molecule has 0 aliphatic rings. The Morgan fingerprint density at radius 3 is 2.19 bits per heavy atom. The monoisotopic (exact) mass is 374 g/mol. The highest BCUT2D eigenvalue weighted by atomic mass is 19.3. The molecule has 0 amide bonds. The molecule has 0 saturated heterocycles. The molecule has 0 fully saturated rings. The van der Waals surface area contributed by atoms with Crippen LogP contribution in [0.5, 0.6) is 5.75 Å². The van der Waals surface area contributed by atoms with Gasteiger partial charge in [-0.05, 0) is 36.1 Å². The summed E-state index contributed by atoms with van der Waals surface area (Å²) >= 11 is 0. The van der Waals surface area contributed by atoms with E-state index in [0.717, 1.165) is 30.5 Å². The summed E-state index contributed by atoms with van der Waals surface area (Å²) in [5, 5.41) is 0. The van der Waals surface area contributed by atoms with Crippen LogP contribution in [0.2, 0.25) is 0 Å². The maximum Gasteiger partial charge on any atom is 0.387 e. The summed E-state index contributed by atoms with van der Waals surface area (Å²) in [6.07, 6.45) is -1.75. The van der Waals surface area contributed by atoms with Crippen LogP contribution in [0.15, 0.2) is 42.5 Å². The molecule has 26 heavy (non-hydrogen) atoms. The lowest BCUT2D eigenvalue weighted by atomic mass is 10.1. The smallest absolute Gasteiger partial charge is 0.387 e. The van der Waals surface area contributed by atoms with Gasteiger partial charge in [-0.1, -0.05) is 43.7 Å². The molecule has 0 aromatic heterocycles. The van der Waals surface area contributed by atoms with Gasteiger partial charge in [0.1, 0.15) is 0 Å². The number of hydrogen-bond donors (Lipinski definition) is 0. The zero-order valence-corrected chi connectivity index (χ0v) is 14.2. The van der Waals surface area contributed by atoms with E-state index in [0.29, 0.717) is 5.56 Å². The average molecular weight is 374 g/mol. The second-order valence-electron chi connectivity index (χ2n) is 5.71. The first-order valence-electron chi connectivity index (χ1n) is 8.16. The normalized spacial score (nSPS) is 11.8. The van der Waals surface area contributed by atoms with Crippen LogP contribution < -0.4 is 4.74 Å². The largest absolute Gasteiger partial charge is 0.432 e. The predicted octanol–water partition coefficient (Wildman–Crippen LogP) is 5.69. The minimum Gasteiger partial charge on any atom is -0.432 e. The minimum atomic E-state index is -3.47. The molecule has 0 bridgehead atoms. The van der Waals surface area contributed by atoms with Gasteiger partial charge in [-0.3, -0.25) is 0 Å². The third-order valence-corrected chi connectivity index (χ3v) is 3.72. The second-order valence-corrected chi connectivity index (χ2v) is 5.71. The third-order valence-electron chi connectivity index (χ3n) is 3.72. The number of aryl methyl sites for hydroxylation is 1. The van der Waals surface area contributed by atoms with Crippen LogP contribution >= 0.6 is 0 Å². The average Bonchev–Trinajstić information content (AvgIpc) is 2.58. The molecule has 0 atom stereocenters. The zero-order valence-electron chi connectivity index (χ0n) is 14.2. The summed E-state index contributed by atoms with van der Waals surface area (Å²) in [7, 11) is 0. The topological polar surface area (TPSA) is 18.5 Å². The molecule has 142 valence electrons. The van der Waals surface area contributed by atoms with Gasteiger partial charge in [-0.2, -0.15) is 17.6 Å². The van der Waals surface area contributed by atoms with Crippen molar-refractivity contribution < 1.29 is 31.4 Å². The van der Waals surface area contributed by atoms with Crippen molar-refractivity contribution in [1.82, 2.24) is 0 Å². The van der Waals surface area contributed by atoms with Crippen molar-refractivity contribution in [3.63, 3.8) is 0 Å². The summed E-state index contributed by atoms with van der Waals surface area (Å²) in [6.45, 7) is -1.50. The fraction of sp³-hybridized carbons (Fsp3) is 0.368. The number of rotatable bonds is 9.